The average molecular weight is 1130 g/mol. The summed E-state index contributed by atoms with van der Waals surface area (Å²) in [5.41, 5.74) is 10.9. The molecular formula is C50H74N12O18. The van der Waals surface area contributed by atoms with Gasteiger partial charge >= 0.3 is 17.9 Å². The van der Waals surface area contributed by atoms with E-state index in [1.165, 1.54) is 36.1 Å². The van der Waals surface area contributed by atoms with Crippen LogP contribution in [0.5, 0.6) is 5.75 Å². The first-order chi connectivity index (χ1) is 37.6. The molecule has 17 N–H and O–H groups in total. The molecule has 2 aliphatic heterocycles. The lowest BCUT2D eigenvalue weighted by Gasteiger charge is -2.30. The lowest BCUT2D eigenvalue weighted by molar-refractivity contribution is -0.143. The number of carbonyl (C=O) groups is 14. The highest BCUT2D eigenvalue weighted by Gasteiger charge is 2.40. The molecule has 0 radical (unpaired) electrons. The van der Waals surface area contributed by atoms with E-state index < -0.39 is 182 Å². The van der Waals surface area contributed by atoms with Crippen molar-refractivity contribution in [3.63, 3.8) is 0 Å². The molecular weight excluding hydrogens is 1060 g/mol. The number of amides is 11. The molecule has 1 aromatic rings. The lowest BCUT2D eigenvalue weighted by atomic mass is 10.00. The number of hydrogen-bond acceptors (Lipinski definition) is 16. The summed E-state index contributed by atoms with van der Waals surface area (Å²) in [6.45, 7) is 4.45. The summed E-state index contributed by atoms with van der Waals surface area (Å²) in [5, 5.41) is 60.6. The first kappa shape index (κ1) is 65.8. The van der Waals surface area contributed by atoms with Crippen molar-refractivity contribution in [2.45, 2.75) is 165 Å². The van der Waals surface area contributed by atoms with E-state index in [1.807, 2.05) is 0 Å². The van der Waals surface area contributed by atoms with E-state index in [4.69, 9.17) is 11.5 Å². The second kappa shape index (κ2) is 32.5. The number of nitrogens with two attached hydrogens (primary N) is 2. The van der Waals surface area contributed by atoms with Crippen LogP contribution in [-0.4, -0.2) is 182 Å². The van der Waals surface area contributed by atoms with Crippen LogP contribution in [0, 0.1) is 5.92 Å². The van der Waals surface area contributed by atoms with Crippen molar-refractivity contribution in [1.82, 2.24) is 52.8 Å². The number of benzene rings is 1. The standard InChI is InChI=1S/C50H74N12O18/c1-25(2)22-34(46(75)56-31(14-18-40(67)68)45(74)59-33(50(79)80)13-17-38(52)65)61-47(76)35(23-27-8-10-28(63)11-9-27)60-42(71)26(3)55-39(66)24-54-43(72)30(12-16-37(51)64)57-48(77)36-7-5-21-62(36)49(78)32(15-19-41(69)70)58-44(73)29-6-4-20-53-29/h8-11,25-26,29-36,53,63H,4-7,12-24H2,1-3H3,(H2,51,64)(H2,52,65)(H,54,72)(H,55,66)(H,56,75)(H,57,77)(H,58,73)(H,59,74)(H,60,71)(H,61,76)(H,67,68)(H,69,70)(H,79,80)/t26-,29-,30-,31-,32-,33-,34-,35-,36-/m0/s1. The molecule has 0 aliphatic carbocycles. The number of carboxylic acids is 3. The van der Waals surface area contributed by atoms with Gasteiger partial charge < -0.3 is 84.6 Å². The van der Waals surface area contributed by atoms with Crippen LogP contribution in [0.4, 0.5) is 0 Å². The number of nitrogens with one attached hydrogen (secondary N) is 9. The number of carboxylic acid groups (broad SMARTS) is 3. The molecule has 2 saturated heterocycles. The number of hydrogen-bond donors (Lipinski definition) is 15. The number of aromatic hydroxyl groups is 1. The number of nitrogens with zero attached hydrogens (tertiary/aromatic N) is 1. The molecule has 2 heterocycles. The van der Waals surface area contributed by atoms with Crippen molar-refractivity contribution < 1.29 is 87.5 Å². The van der Waals surface area contributed by atoms with Gasteiger partial charge in [-0.25, -0.2) is 4.79 Å². The molecule has 30 nitrogen and oxygen atoms in total. The monoisotopic (exact) mass is 1130 g/mol. The molecule has 0 spiro atoms. The zero-order valence-electron chi connectivity index (χ0n) is 44.7. The van der Waals surface area contributed by atoms with E-state index in [1.54, 1.807) is 13.8 Å². The fourth-order valence-corrected chi connectivity index (χ4v) is 8.66. The van der Waals surface area contributed by atoms with Gasteiger partial charge in [0.25, 0.3) is 0 Å². The molecule has 11 amide bonds. The van der Waals surface area contributed by atoms with Crippen LogP contribution in [-0.2, 0) is 73.5 Å². The van der Waals surface area contributed by atoms with E-state index in [0.29, 0.717) is 31.4 Å². The van der Waals surface area contributed by atoms with Crippen molar-refractivity contribution >= 4 is 82.9 Å². The number of carbonyl (C=O) groups excluding carboxylic acids is 11. The normalized spacial score (nSPS) is 17.4. The average Bonchev–Trinajstić information content (AvgIpc) is 4.12. The molecule has 0 aromatic heterocycles. The molecule has 0 bridgehead atoms. The van der Waals surface area contributed by atoms with Crippen LogP contribution in [0.15, 0.2) is 24.3 Å². The Hall–Kier alpha value is -8.44. The number of rotatable bonds is 34. The third-order valence-electron chi connectivity index (χ3n) is 12.9. The van der Waals surface area contributed by atoms with Crippen LogP contribution < -0.4 is 59.3 Å². The van der Waals surface area contributed by atoms with E-state index in [-0.39, 0.29) is 50.3 Å². The molecule has 0 unspecified atom stereocenters. The second-order valence-electron chi connectivity index (χ2n) is 19.9. The number of primary amides is 2. The molecule has 80 heavy (non-hydrogen) atoms. The highest BCUT2D eigenvalue weighted by atomic mass is 16.4. The van der Waals surface area contributed by atoms with Crippen LogP contribution in [0.2, 0.25) is 0 Å². The predicted octanol–water partition coefficient (Wildman–Crippen LogP) is -4.40. The number of aliphatic carboxylic acids is 3. The SMILES string of the molecule is CC(C)C[C@H](NC(=O)[C@H](Cc1ccc(O)cc1)NC(=O)[C@H](C)NC(=O)CNC(=O)[C@H](CCC(N)=O)NC(=O)[C@@H]1CCCN1C(=O)[C@H](CCC(=O)O)NC(=O)[C@@H]1CCCN1)C(=O)N[C@@H](CCC(=O)O)C(=O)N[C@@H](CCC(N)=O)C(=O)O. The fraction of sp³-hybridized carbons (Fsp3) is 0.600. The zero-order chi connectivity index (χ0) is 59.8. The van der Waals surface area contributed by atoms with E-state index in [0.717, 1.165) is 0 Å². The van der Waals surface area contributed by atoms with Crippen molar-refractivity contribution in [3.8, 4) is 5.75 Å². The summed E-state index contributed by atoms with van der Waals surface area (Å²) in [6, 6.07) is -6.75. The van der Waals surface area contributed by atoms with Gasteiger partial charge in [-0.15, -0.1) is 0 Å². The second-order valence-corrected chi connectivity index (χ2v) is 19.9. The minimum atomic E-state index is -1.65. The lowest BCUT2D eigenvalue weighted by Crippen LogP contribution is -2.59. The molecule has 0 saturated carbocycles. The van der Waals surface area contributed by atoms with E-state index >= 15 is 0 Å². The highest BCUT2D eigenvalue weighted by molar-refractivity contribution is 5.98. The minimum Gasteiger partial charge on any atom is -0.508 e. The smallest absolute Gasteiger partial charge is 0.326 e. The van der Waals surface area contributed by atoms with Crippen molar-refractivity contribution in [1.29, 1.82) is 0 Å². The Bertz CT molecular complexity index is 2430. The molecule has 2 fully saturated rings. The summed E-state index contributed by atoms with van der Waals surface area (Å²) in [5.74, 6) is -14.3. The summed E-state index contributed by atoms with van der Waals surface area (Å²) in [6.07, 6.45) is -2.21. The third kappa shape index (κ3) is 22.9. The van der Waals surface area contributed by atoms with Gasteiger partial charge in [-0.3, -0.25) is 62.3 Å². The summed E-state index contributed by atoms with van der Waals surface area (Å²) in [4.78, 5) is 181. The van der Waals surface area contributed by atoms with Crippen LogP contribution in [0.3, 0.4) is 0 Å². The minimum absolute atomic E-state index is 0.0575. The Morgan fingerprint density at radius 1 is 0.588 bits per heavy atom. The Morgan fingerprint density at radius 2 is 1.10 bits per heavy atom. The van der Waals surface area contributed by atoms with Crippen LogP contribution >= 0.6 is 0 Å². The largest absolute Gasteiger partial charge is 0.508 e. The number of phenolic OH excluding ortho intramolecular Hbond substituents is 1. The topological polar surface area (TPSA) is 483 Å². The van der Waals surface area contributed by atoms with Crippen LogP contribution in [0.1, 0.15) is 110 Å². The molecule has 9 atom stereocenters. The molecule has 3 rings (SSSR count). The van der Waals surface area contributed by atoms with Gasteiger partial charge in [0.1, 0.15) is 54.1 Å². The fourth-order valence-electron chi connectivity index (χ4n) is 8.66. The Balaban J connectivity index is 1.74. The van der Waals surface area contributed by atoms with Gasteiger partial charge in [0.2, 0.25) is 65.0 Å². The summed E-state index contributed by atoms with van der Waals surface area (Å²) < 4.78 is 0. The number of phenols is 1. The van der Waals surface area contributed by atoms with Crippen molar-refractivity contribution in [2.75, 3.05) is 19.6 Å². The van der Waals surface area contributed by atoms with Crippen molar-refractivity contribution in [2.24, 2.45) is 17.4 Å². The van der Waals surface area contributed by atoms with E-state index in [2.05, 4.69) is 47.9 Å². The van der Waals surface area contributed by atoms with Gasteiger partial charge in [-0.2, -0.15) is 0 Å². The zero-order valence-corrected chi connectivity index (χ0v) is 44.7. The quantitative estimate of drug-likeness (QED) is 0.0310. The van der Waals surface area contributed by atoms with Gasteiger partial charge in [0.15, 0.2) is 0 Å². The van der Waals surface area contributed by atoms with Crippen molar-refractivity contribution in [3.05, 3.63) is 29.8 Å². The number of likely N-dealkylation sites (tertiary alicyclic amines) is 1. The molecule has 442 valence electrons. The van der Waals surface area contributed by atoms with Gasteiger partial charge in [0, 0.05) is 38.6 Å². The molecule has 1 aromatic carbocycles. The Morgan fingerprint density at radius 3 is 1.66 bits per heavy atom. The molecule has 30 heteroatoms. The van der Waals surface area contributed by atoms with Gasteiger partial charge in [-0.1, -0.05) is 26.0 Å². The van der Waals surface area contributed by atoms with Gasteiger partial charge in [-0.05, 0) is 94.9 Å². The Kier molecular flexibility index (Phi) is 26.7. The summed E-state index contributed by atoms with van der Waals surface area (Å²) >= 11 is 0. The summed E-state index contributed by atoms with van der Waals surface area (Å²) in [7, 11) is 0. The highest BCUT2D eigenvalue weighted by Crippen LogP contribution is 2.21. The first-order valence-electron chi connectivity index (χ1n) is 26.1. The maximum absolute atomic E-state index is 14.1. The maximum atomic E-state index is 14.1. The molecule has 2 aliphatic rings. The maximum Gasteiger partial charge on any atom is 0.326 e. The third-order valence-corrected chi connectivity index (χ3v) is 12.9. The van der Waals surface area contributed by atoms with E-state index in [9.17, 15) is 87.5 Å². The predicted molar refractivity (Wildman–Crippen MR) is 277 cm³/mol. The van der Waals surface area contributed by atoms with Gasteiger partial charge in [0.05, 0.1) is 12.6 Å². The first-order valence-corrected chi connectivity index (χ1v) is 26.1. The van der Waals surface area contributed by atoms with Crippen LogP contribution in [0.25, 0.3) is 0 Å². The Labute approximate surface area is 459 Å².